The van der Waals surface area contributed by atoms with Crippen molar-refractivity contribution in [1.82, 2.24) is 9.80 Å². The van der Waals surface area contributed by atoms with E-state index in [0.29, 0.717) is 24.3 Å². The summed E-state index contributed by atoms with van der Waals surface area (Å²) in [4.78, 5) is 4.56. The third-order valence-corrected chi connectivity index (χ3v) is 2.91. The van der Waals surface area contributed by atoms with Crippen molar-refractivity contribution in [1.29, 1.82) is 5.26 Å². The number of ether oxygens (including phenoxy) is 1. The average Bonchev–Trinajstić information content (AvgIpc) is 2.25. The van der Waals surface area contributed by atoms with Crippen LogP contribution in [0.5, 0.6) is 0 Å². The van der Waals surface area contributed by atoms with Gasteiger partial charge in [0.1, 0.15) is 0 Å². The zero-order valence-corrected chi connectivity index (χ0v) is 11.1. The summed E-state index contributed by atoms with van der Waals surface area (Å²) in [6.07, 6.45) is 0.635. The number of morpholine rings is 1. The summed E-state index contributed by atoms with van der Waals surface area (Å²) in [7, 11) is 2.02. The Kier molecular flexibility index (Phi) is 5.63. The first kappa shape index (κ1) is 14.2. The molecule has 4 heteroatoms. The molecular weight excluding hydrogens is 214 g/mol. The van der Waals surface area contributed by atoms with Crippen molar-refractivity contribution in [3.63, 3.8) is 0 Å². The largest absolute Gasteiger partial charge is 0.373 e. The molecule has 0 spiro atoms. The van der Waals surface area contributed by atoms with Crippen LogP contribution in [0.3, 0.4) is 0 Å². The number of likely N-dealkylation sites (N-methyl/N-ethyl adjacent to an activating group) is 1. The summed E-state index contributed by atoms with van der Waals surface area (Å²) in [6.45, 7) is 12.6. The van der Waals surface area contributed by atoms with Gasteiger partial charge in [0.2, 0.25) is 0 Å². The van der Waals surface area contributed by atoms with E-state index in [0.717, 1.165) is 26.2 Å². The molecule has 0 bridgehead atoms. The fourth-order valence-corrected chi connectivity index (χ4v) is 2.22. The highest BCUT2D eigenvalue weighted by molar-refractivity contribution is 5.17. The zero-order chi connectivity index (χ0) is 12.8. The van der Waals surface area contributed by atoms with Crippen LogP contribution in [0, 0.1) is 11.3 Å². The molecule has 2 atom stereocenters. The predicted molar refractivity (Wildman–Crippen MR) is 68.7 cm³/mol. The molecule has 1 aliphatic rings. The minimum atomic E-state index is 0.318. The minimum absolute atomic E-state index is 0.318. The Labute approximate surface area is 104 Å². The lowest BCUT2D eigenvalue weighted by atomic mass is 10.2. The Morgan fingerprint density at radius 2 is 2.06 bits per heavy atom. The normalized spacial score (nSPS) is 25.8. The lowest BCUT2D eigenvalue weighted by Gasteiger charge is -2.36. The molecule has 0 radical (unpaired) electrons. The molecule has 0 N–H and O–H groups in total. The van der Waals surface area contributed by atoms with Gasteiger partial charge >= 0.3 is 0 Å². The maximum absolute atomic E-state index is 8.67. The van der Waals surface area contributed by atoms with Crippen LogP contribution in [-0.2, 0) is 4.74 Å². The van der Waals surface area contributed by atoms with Crippen LogP contribution in [-0.4, -0.2) is 61.8 Å². The molecule has 1 fully saturated rings. The average molecular weight is 237 g/mol. The van der Waals surface area contributed by atoms with Crippen molar-refractivity contribution in [2.75, 3.05) is 39.8 Å². The fourth-order valence-electron chi connectivity index (χ4n) is 2.22. The second kappa shape index (κ2) is 6.75. The van der Waals surface area contributed by atoms with Gasteiger partial charge in [0, 0.05) is 38.3 Å². The van der Waals surface area contributed by atoms with Gasteiger partial charge in [0.25, 0.3) is 0 Å². The van der Waals surface area contributed by atoms with E-state index in [4.69, 9.17) is 10.00 Å². The third kappa shape index (κ3) is 5.31. The van der Waals surface area contributed by atoms with Crippen LogP contribution in [0.2, 0.25) is 0 Å². The Hall–Kier alpha value is -0.890. The molecule has 0 aromatic heterocycles. The first-order valence-corrected chi connectivity index (χ1v) is 6.15. The molecule has 1 aliphatic heterocycles. The number of rotatable bonds is 5. The van der Waals surface area contributed by atoms with Gasteiger partial charge in [0.05, 0.1) is 18.3 Å². The zero-order valence-electron chi connectivity index (χ0n) is 11.1. The van der Waals surface area contributed by atoms with Crippen molar-refractivity contribution in [3.8, 4) is 6.07 Å². The van der Waals surface area contributed by atoms with Crippen molar-refractivity contribution >= 4 is 0 Å². The van der Waals surface area contributed by atoms with E-state index in [1.165, 1.54) is 0 Å². The van der Waals surface area contributed by atoms with Crippen molar-refractivity contribution in [3.05, 3.63) is 12.2 Å². The second-order valence-corrected chi connectivity index (χ2v) is 4.97. The standard InChI is InChI=1S/C13H23N3O/c1-11(7-14)8-15(4)5-6-16-9-12(2)17-13(3)10-16/h12-13H,1,5-6,8-10H2,2-4H3/t12-,13+. The molecule has 4 nitrogen and oxygen atoms in total. The third-order valence-electron chi connectivity index (χ3n) is 2.91. The molecule has 1 heterocycles. The van der Waals surface area contributed by atoms with Crippen molar-refractivity contribution in [2.45, 2.75) is 26.1 Å². The van der Waals surface area contributed by atoms with Gasteiger partial charge in [0.15, 0.2) is 0 Å². The van der Waals surface area contributed by atoms with Crippen LogP contribution in [0.15, 0.2) is 12.2 Å². The van der Waals surface area contributed by atoms with Gasteiger partial charge in [-0.25, -0.2) is 0 Å². The van der Waals surface area contributed by atoms with E-state index in [1.54, 1.807) is 0 Å². The van der Waals surface area contributed by atoms with E-state index >= 15 is 0 Å². The first-order chi connectivity index (χ1) is 8.01. The summed E-state index contributed by atoms with van der Waals surface area (Å²) < 4.78 is 5.69. The molecule has 96 valence electrons. The van der Waals surface area contributed by atoms with Gasteiger partial charge in [-0.05, 0) is 20.9 Å². The van der Waals surface area contributed by atoms with Crippen LogP contribution >= 0.6 is 0 Å². The number of hydrogen-bond donors (Lipinski definition) is 0. The van der Waals surface area contributed by atoms with E-state index < -0.39 is 0 Å². The topological polar surface area (TPSA) is 39.5 Å². The van der Waals surface area contributed by atoms with Gasteiger partial charge in [-0.2, -0.15) is 5.26 Å². The Balaban J connectivity index is 2.25. The van der Waals surface area contributed by atoms with Gasteiger partial charge < -0.3 is 9.64 Å². The molecule has 0 aliphatic carbocycles. The molecular formula is C13H23N3O. The molecule has 1 saturated heterocycles. The Morgan fingerprint density at radius 1 is 1.47 bits per heavy atom. The molecule has 17 heavy (non-hydrogen) atoms. The maximum atomic E-state index is 8.67. The van der Waals surface area contributed by atoms with Crippen LogP contribution in [0.25, 0.3) is 0 Å². The highest BCUT2D eigenvalue weighted by Gasteiger charge is 2.21. The quantitative estimate of drug-likeness (QED) is 0.671. The number of nitriles is 1. The highest BCUT2D eigenvalue weighted by Crippen LogP contribution is 2.10. The monoisotopic (exact) mass is 237 g/mol. The molecule has 0 unspecified atom stereocenters. The molecule has 0 aromatic carbocycles. The van der Waals surface area contributed by atoms with Crippen molar-refractivity contribution in [2.24, 2.45) is 0 Å². The predicted octanol–water partition coefficient (Wildman–Crippen LogP) is 1.11. The van der Waals surface area contributed by atoms with Gasteiger partial charge in [-0.15, -0.1) is 0 Å². The Morgan fingerprint density at radius 3 is 2.59 bits per heavy atom. The molecule has 1 rings (SSSR count). The van der Waals surface area contributed by atoms with E-state index in [1.807, 2.05) is 7.05 Å². The lowest BCUT2D eigenvalue weighted by molar-refractivity contribution is -0.0689. The van der Waals surface area contributed by atoms with Gasteiger partial charge in [-0.3, -0.25) is 4.90 Å². The van der Waals surface area contributed by atoms with Crippen LogP contribution in [0.1, 0.15) is 13.8 Å². The van der Waals surface area contributed by atoms with E-state index in [2.05, 4.69) is 36.3 Å². The molecule has 0 aromatic rings. The Bertz CT molecular complexity index is 288. The molecule has 0 saturated carbocycles. The summed E-state index contributed by atoms with van der Waals surface area (Å²) in [6, 6.07) is 2.08. The first-order valence-electron chi connectivity index (χ1n) is 6.15. The summed E-state index contributed by atoms with van der Waals surface area (Å²) in [5.41, 5.74) is 0.621. The van der Waals surface area contributed by atoms with E-state index in [9.17, 15) is 0 Å². The SMILES string of the molecule is C=C(C#N)CN(C)CCN1C[C@@H](C)O[C@@H](C)C1. The summed E-state index contributed by atoms with van der Waals surface area (Å²) in [5, 5.41) is 8.67. The highest BCUT2D eigenvalue weighted by atomic mass is 16.5. The van der Waals surface area contributed by atoms with Crippen LogP contribution < -0.4 is 0 Å². The smallest absolute Gasteiger partial charge is 0.0954 e. The maximum Gasteiger partial charge on any atom is 0.0954 e. The van der Waals surface area contributed by atoms with Crippen molar-refractivity contribution < 1.29 is 4.74 Å². The molecule has 0 amide bonds. The lowest BCUT2D eigenvalue weighted by Crippen LogP contribution is -2.47. The van der Waals surface area contributed by atoms with Crippen LogP contribution in [0.4, 0.5) is 0 Å². The minimum Gasteiger partial charge on any atom is -0.373 e. The fraction of sp³-hybridized carbons (Fsp3) is 0.769. The second-order valence-electron chi connectivity index (χ2n) is 4.97. The summed E-state index contributed by atoms with van der Waals surface area (Å²) in [5.74, 6) is 0. The van der Waals surface area contributed by atoms with Gasteiger partial charge in [-0.1, -0.05) is 6.58 Å². The van der Waals surface area contributed by atoms with E-state index in [-0.39, 0.29) is 0 Å². The number of hydrogen-bond acceptors (Lipinski definition) is 4. The number of nitrogens with zero attached hydrogens (tertiary/aromatic N) is 3. The summed E-state index contributed by atoms with van der Waals surface area (Å²) >= 11 is 0.